The second kappa shape index (κ2) is 5.51. The van der Waals surface area contributed by atoms with E-state index in [1.54, 1.807) is 26.1 Å². The minimum Gasteiger partial charge on any atom is -0.399 e. The lowest BCUT2D eigenvalue weighted by molar-refractivity contribution is -0.130. The molecule has 0 bridgehead atoms. The quantitative estimate of drug-likeness (QED) is 0.735. The van der Waals surface area contributed by atoms with Crippen LogP contribution in [-0.4, -0.2) is 35.6 Å². The molecular formula is C12H18N2O2. The number of anilines is 1. The van der Waals surface area contributed by atoms with Gasteiger partial charge in [-0.05, 0) is 24.6 Å². The van der Waals surface area contributed by atoms with Crippen molar-refractivity contribution in [2.24, 2.45) is 0 Å². The van der Waals surface area contributed by atoms with Crippen molar-refractivity contribution in [3.8, 4) is 0 Å². The van der Waals surface area contributed by atoms with Crippen molar-refractivity contribution in [2.75, 3.05) is 19.3 Å². The number of likely N-dealkylation sites (N-methyl/N-ethyl adjacent to an activating group) is 1. The summed E-state index contributed by atoms with van der Waals surface area (Å²) in [5.74, 6) is -0.0218. The number of carbonyl (C=O) groups is 1. The van der Waals surface area contributed by atoms with Crippen LogP contribution in [0.2, 0.25) is 0 Å². The fraction of sp³-hybridized carbons (Fsp3) is 0.417. The summed E-state index contributed by atoms with van der Waals surface area (Å²) in [7, 11) is 1.68. The molecule has 1 rings (SSSR count). The van der Waals surface area contributed by atoms with Gasteiger partial charge in [0.2, 0.25) is 5.91 Å². The summed E-state index contributed by atoms with van der Waals surface area (Å²) >= 11 is 0. The lowest BCUT2D eigenvalue weighted by Crippen LogP contribution is -2.34. The van der Waals surface area contributed by atoms with Crippen LogP contribution >= 0.6 is 0 Å². The minimum absolute atomic E-state index is 0.0218. The molecule has 0 spiro atoms. The van der Waals surface area contributed by atoms with Crippen molar-refractivity contribution in [3.05, 3.63) is 29.8 Å². The maximum Gasteiger partial charge on any atom is 0.226 e. The number of nitrogen functional groups attached to an aromatic ring is 1. The highest BCUT2D eigenvalue weighted by molar-refractivity contribution is 5.78. The monoisotopic (exact) mass is 222 g/mol. The van der Waals surface area contributed by atoms with Crippen LogP contribution in [0.4, 0.5) is 5.69 Å². The molecular weight excluding hydrogens is 204 g/mol. The average Bonchev–Trinajstić information content (AvgIpc) is 2.16. The summed E-state index contributed by atoms with van der Waals surface area (Å²) in [6, 6.07) is 7.26. The third-order valence-corrected chi connectivity index (χ3v) is 2.27. The Bertz CT molecular complexity index is 364. The fourth-order valence-electron chi connectivity index (χ4n) is 1.51. The van der Waals surface area contributed by atoms with Gasteiger partial charge in [0.05, 0.1) is 12.5 Å². The molecule has 88 valence electrons. The molecule has 3 N–H and O–H groups in total. The predicted molar refractivity (Wildman–Crippen MR) is 63.9 cm³/mol. The van der Waals surface area contributed by atoms with E-state index in [0.717, 1.165) is 5.56 Å². The summed E-state index contributed by atoms with van der Waals surface area (Å²) in [4.78, 5) is 13.3. The number of hydrogen-bond donors (Lipinski definition) is 2. The zero-order chi connectivity index (χ0) is 12.1. The summed E-state index contributed by atoms with van der Waals surface area (Å²) in [6.45, 7) is 2.01. The Labute approximate surface area is 95.7 Å². The Balaban J connectivity index is 2.57. The normalized spacial score (nSPS) is 12.2. The third kappa shape index (κ3) is 3.90. The van der Waals surface area contributed by atoms with Crippen molar-refractivity contribution < 1.29 is 9.90 Å². The van der Waals surface area contributed by atoms with Gasteiger partial charge < -0.3 is 15.7 Å². The first-order valence-electron chi connectivity index (χ1n) is 5.25. The molecule has 0 saturated heterocycles. The fourth-order valence-corrected chi connectivity index (χ4v) is 1.51. The van der Waals surface area contributed by atoms with Crippen molar-refractivity contribution in [1.82, 2.24) is 4.90 Å². The number of aliphatic hydroxyl groups is 1. The van der Waals surface area contributed by atoms with Crippen LogP contribution in [0, 0.1) is 0 Å². The Hall–Kier alpha value is -1.55. The molecule has 16 heavy (non-hydrogen) atoms. The van der Waals surface area contributed by atoms with Crippen molar-refractivity contribution in [2.45, 2.75) is 19.4 Å². The topological polar surface area (TPSA) is 66.6 Å². The van der Waals surface area contributed by atoms with Crippen LogP contribution in [0.25, 0.3) is 0 Å². The van der Waals surface area contributed by atoms with Gasteiger partial charge in [-0.25, -0.2) is 0 Å². The Kier molecular flexibility index (Phi) is 4.31. The smallest absolute Gasteiger partial charge is 0.226 e. The zero-order valence-corrected chi connectivity index (χ0v) is 9.68. The molecule has 0 aromatic heterocycles. The second-order valence-electron chi connectivity index (χ2n) is 4.05. The molecule has 0 aliphatic carbocycles. The van der Waals surface area contributed by atoms with Crippen LogP contribution in [0.3, 0.4) is 0 Å². The number of amides is 1. The number of benzene rings is 1. The van der Waals surface area contributed by atoms with E-state index in [4.69, 9.17) is 10.8 Å². The Morgan fingerprint density at radius 1 is 1.56 bits per heavy atom. The van der Waals surface area contributed by atoms with E-state index in [9.17, 15) is 4.79 Å². The van der Waals surface area contributed by atoms with E-state index < -0.39 is 6.10 Å². The number of nitrogens with two attached hydrogens (primary N) is 1. The number of aliphatic hydroxyl groups excluding tert-OH is 1. The summed E-state index contributed by atoms with van der Waals surface area (Å²) in [6.07, 6.45) is -0.191. The molecule has 0 aliphatic rings. The van der Waals surface area contributed by atoms with Gasteiger partial charge >= 0.3 is 0 Å². The summed E-state index contributed by atoms with van der Waals surface area (Å²) in [5.41, 5.74) is 7.17. The number of carbonyl (C=O) groups excluding carboxylic acids is 1. The molecule has 4 nitrogen and oxygen atoms in total. The van der Waals surface area contributed by atoms with Gasteiger partial charge in [0.25, 0.3) is 0 Å². The van der Waals surface area contributed by atoms with Crippen LogP contribution in [-0.2, 0) is 11.2 Å². The van der Waals surface area contributed by atoms with Gasteiger partial charge in [-0.1, -0.05) is 12.1 Å². The molecule has 1 aromatic carbocycles. The van der Waals surface area contributed by atoms with Crippen molar-refractivity contribution in [3.63, 3.8) is 0 Å². The number of rotatable bonds is 4. The summed E-state index contributed by atoms with van der Waals surface area (Å²) < 4.78 is 0. The summed E-state index contributed by atoms with van der Waals surface area (Å²) in [5, 5.41) is 9.17. The van der Waals surface area contributed by atoms with Gasteiger partial charge in [-0.3, -0.25) is 4.79 Å². The lowest BCUT2D eigenvalue weighted by Gasteiger charge is -2.18. The van der Waals surface area contributed by atoms with Crippen LogP contribution in [0.15, 0.2) is 24.3 Å². The van der Waals surface area contributed by atoms with Gasteiger partial charge in [0, 0.05) is 19.3 Å². The molecule has 0 aliphatic heterocycles. The molecule has 1 atom stereocenters. The largest absolute Gasteiger partial charge is 0.399 e. The minimum atomic E-state index is -0.505. The van der Waals surface area contributed by atoms with Crippen LogP contribution in [0.5, 0.6) is 0 Å². The maximum atomic E-state index is 11.7. The molecule has 4 heteroatoms. The lowest BCUT2D eigenvalue weighted by atomic mass is 10.1. The standard InChI is InChI=1S/C12H18N2O2/c1-9(15)8-14(2)12(16)7-10-4-3-5-11(13)6-10/h3-6,9,15H,7-8,13H2,1-2H3. The van der Waals surface area contributed by atoms with Gasteiger partial charge in [-0.15, -0.1) is 0 Å². The first-order chi connectivity index (χ1) is 7.49. The van der Waals surface area contributed by atoms with E-state index >= 15 is 0 Å². The first kappa shape index (κ1) is 12.5. The van der Waals surface area contributed by atoms with Crippen LogP contribution < -0.4 is 5.73 Å². The highest BCUT2D eigenvalue weighted by atomic mass is 16.3. The van der Waals surface area contributed by atoms with E-state index in [-0.39, 0.29) is 5.91 Å². The Morgan fingerprint density at radius 3 is 2.81 bits per heavy atom. The third-order valence-electron chi connectivity index (χ3n) is 2.27. The number of nitrogens with zero attached hydrogens (tertiary/aromatic N) is 1. The predicted octanol–water partition coefficient (Wildman–Crippen LogP) is 0.650. The molecule has 0 heterocycles. The molecule has 1 unspecified atom stereocenters. The first-order valence-corrected chi connectivity index (χ1v) is 5.25. The van der Waals surface area contributed by atoms with Gasteiger partial charge in [0.1, 0.15) is 0 Å². The molecule has 1 amide bonds. The molecule has 1 aromatic rings. The molecule has 0 fully saturated rings. The second-order valence-corrected chi connectivity index (χ2v) is 4.05. The molecule has 0 radical (unpaired) electrons. The zero-order valence-electron chi connectivity index (χ0n) is 9.68. The highest BCUT2D eigenvalue weighted by Gasteiger charge is 2.11. The average molecular weight is 222 g/mol. The van der Waals surface area contributed by atoms with Gasteiger partial charge in [-0.2, -0.15) is 0 Å². The van der Waals surface area contributed by atoms with E-state index in [0.29, 0.717) is 18.7 Å². The van der Waals surface area contributed by atoms with E-state index in [1.807, 2.05) is 12.1 Å². The molecule has 0 saturated carbocycles. The van der Waals surface area contributed by atoms with Crippen molar-refractivity contribution >= 4 is 11.6 Å². The van der Waals surface area contributed by atoms with Crippen molar-refractivity contribution in [1.29, 1.82) is 0 Å². The van der Waals surface area contributed by atoms with E-state index in [1.165, 1.54) is 4.90 Å². The van der Waals surface area contributed by atoms with Crippen LogP contribution in [0.1, 0.15) is 12.5 Å². The number of hydrogen-bond acceptors (Lipinski definition) is 3. The Morgan fingerprint density at radius 2 is 2.25 bits per heavy atom. The SMILES string of the molecule is CC(O)CN(C)C(=O)Cc1cccc(N)c1. The maximum absolute atomic E-state index is 11.7. The van der Waals surface area contributed by atoms with E-state index in [2.05, 4.69) is 0 Å². The highest BCUT2D eigenvalue weighted by Crippen LogP contribution is 2.08. The van der Waals surface area contributed by atoms with Gasteiger partial charge in [0.15, 0.2) is 0 Å².